The van der Waals surface area contributed by atoms with E-state index < -0.39 is 15.8 Å². The van der Waals surface area contributed by atoms with Gasteiger partial charge in [-0.3, -0.25) is 4.79 Å². The second kappa shape index (κ2) is 12.3. The molecule has 4 aromatic carbocycles. The number of hydrogen-bond donors (Lipinski definition) is 0. The van der Waals surface area contributed by atoms with Crippen molar-refractivity contribution in [1.29, 1.82) is 0 Å². The van der Waals surface area contributed by atoms with Gasteiger partial charge in [0.2, 0.25) is 0 Å². The first-order chi connectivity index (χ1) is 17.9. The van der Waals surface area contributed by atoms with Gasteiger partial charge in [-0.05, 0) is 47.7 Å². The molecule has 0 aromatic heterocycles. The van der Waals surface area contributed by atoms with Crippen LogP contribution < -0.4 is 0 Å². The van der Waals surface area contributed by atoms with Gasteiger partial charge in [-0.15, -0.1) is 0 Å². The van der Waals surface area contributed by atoms with Crippen molar-refractivity contribution in [1.82, 2.24) is 0 Å². The van der Waals surface area contributed by atoms with Gasteiger partial charge < -0.3 is 4.74 Å². The van der Waals surface area contributed by atoms with E-state index in [0.717, 1.165) is 16.7 Å². The highest BCUT2D eigenvalue weighted by molar-refractivity contribution is 7.91. The minimum Gasteiger partial charge on any atom is -0.462 e. The Morgan fingerprint density at radius 2 is 1.32 bits per heavy atom. The lowest BCUT2D eigenvalue weighted by Crippen LogP contribution is -2.12. The van der Waals surface area contributed by atoms with Crippen LogP contribution >= 0.6 is 0 Å². The Morgan fingerprint density at radius 1 is 0.676 bits per heavy atom. The lowest BCUT2D eigenvalue weighted by molar-refractivity contribution is 0.0494. The molecule has 5 nitrogen and oxygen atoms in total. The summed E-state index contributed by atoms with van der Waals surface area (Å²) in [7, 11) is -3.55. The molecule has 0 unspecified atom stereocenters. The maximum absolute atomic E-state index is 12.8. The highest BCUT2D eigenvalue weighted by Crippen LogP contribution is 2.20. The van der Waals surface area contributed by atoms with Gasteiger partial charge in [-0.25, -0.2) is 13.2 Å². The molecule has 0 aliphatic rings. The van der Waals surface area contributed by atoms with E-state index in [-0.39, 0.29) is 35.0 Å². The summed E-state index contributed by atoms with van der Waals surface area (Å²) in [5.41, 5.74) is 3.84. The molecule has 0 atom stereocenters. The normalized spacial score (nSPS) is 11.1. The standard InChI is InChI=1S/C31H28O5S/c32-30(27-18-16-26(17-19-27)25-11-5-2-6-12-25)15-8-21-36-31(33)28-13-7-14-29(23-28)37(34,35)22-20-24-9-3-1-4-10-24/h1-7,9-14,16-19,23H,8,15,20-22H2. The zero-order chi connectivity index (χ0) is 26.1. The number of Topliss-reactive ketones (excluding diaryl/α,β-unsaturated/α-hetero) is 1. The molecule has 0 amide bonds. The second-order valence-electron chi connectivity index (χ2n) is 8.69. The van der Waals surface area contributed by atoms with Gasteiger partial charge in [0.05, 0.1) is 22.8 Å². The fraction of sp³-hybridized carbons (Fsp3) is 0.161. The highest BCUT2D eigenvalue weighted by Gasteiger charge is 2.17. The van der Waals surface area contributed by atoms with Crippen molar-refractivity contribution >= 4 is 21.6 Å². The molecule has 0 saturated heterocycles. The molecule has 37 heavy (non-hydrogen) atoms. The third-order valence-corrected chi connectivity index (χ3v) is 7.74. The third kappa shape index (κ3) is 7.24. The van der Waals surface area contributed by atoms with Crippen LogP contribution in [0.3, 0.4) is 0 Å². The Hall–Kier alpha value is -4.03. The molecule has 6 heteroatoms. The number of esters is 1. The molecular formula is C31H28O5S. The van der Waals surface area contributed by atoms with E-state index >= 15 is 0 Å². The topological polar surface area (TPSA) is 77.5 Å². The monoisotopic (exact) mass is 512 g/mol. The summed E-state index contributed by atoms with van der Waals surface area (Å²) in [6.45, 7) is 0.0671. The van der Waals surface area contributed by atoms with Crippen LogP contribution in [0.15, 0.2) is 114 Å². The third-order valence-electron chi connectivity index (χ3n) is 6.03. The first-order valence-corrected chi connectivity index (χ1v) is 13.8. The zero-order valence-corrected chi connectivity index (χ0v) is 21.2. The van der Waals surface area contributed by atoms with Crippen molar-refractivity contribution in [2.45, 2.75) is 24.2 Å². The van der Waals surface area contributed by atoms with E-state index in [1.54, 1.807) is 12.1 Å². The van der Waals surface area contributed by atoms with Crippen molar-refractivity contribution in [2.24, 2.45) is 0 Å². The maximum atomic E-state index is 12.8. The van der Waals surface area contributed by atoms with Crippen molar-refractivity contribution in [3.05, 3.63) is 126 Å². The minimum atomic E-state index is -3.55. The van der Waals surface area contributed by atoms with Crippen LogP contribution in [0.2, 0.25) is 0 Å². The first-order valence-electron chi connectivity index (χ1n) is 12.1. The molecule has 0 fully saturated rings. The smallest absolute Gasteiger partial charge is 0.338 e. The fourth-order valence-corrected chi connectivity index (χ4v) is 5.27. The number of carbonyl (C=O) groups is 2. The number of ketones is 1. The number of aryl methyl sites for hydroxylation is 1. The number of rotatable bonds is 11. The van der Waals surface area contributed by atoms with Crippen molar-refractivity contribution in [3.63, 3.8) is 0 Å². The van der Waals surface area contributed by atoms with E-state index in [9.17, 15) is 18.0 Å². The summed E-state index contributed by atoms with van der Waals surface area (Å²) in [5.74, 6) is -0.689. The van der Waals surface area contributed by atoms with E-state index in [1.807, 2.05) is 72.8 Å². The molecule has 4 aromatic rings. The Bertz CT molecular complexity index is 1440. The van der Waals surface area contributed by atoms with Gasteiger partial charge in [-0.1, -0.05) is 91.0 Å². The summed E-state index contributed by atoms with van der Waals surface area (Å²) >= 11 is 0. The van der Waals surface area contributed by atoms with Crippen LogP contribution in [0.5, 0.6) is 0 Å². The van der Waals surface area contributed by atoms with Gasteiger partial charge in [0.15, 0.2) is 15.6 Å². The number of ether oxygens (including phenoxy) is 1. The summed E-state index contributed by atoms with van der Waals surface area (Å²) in [6, 6.07) is 32.7. The molecule has 0 radical (unpaired) electrons. The number of carbonyl (C=O) groups excluding carboxylic acids is 2. The van der Waals surface area contributed by atoms with Crippen LogP contribution in [0.4, 0.5) is 0 Å². The van der Waals surface area contributed by atoms with E-state index in [2.05, 4.69) is 0 Å². The number of hydrogen-bond acceptors (Lipinski definition) is 5. The molecule has 4 rings (SSSR count). The summed E-state index contributed by atoms with van der Waals surface area (Å²) in [4.78, 5) is 25.1. The molecular weight excluding hydrogens is 484 g/mol. The lowest BCUT2D eigenvalue weighted by Gasteiger charge is -2.08. The number of benzene rings is 4. The predicted octanol–water partition coefficient (Wildman–Crippen LogP) is 6.19. The summed E-state index contributed by atoms with van der Waals surface area (Å²) in [5, 5.41) is 0. The van der Waals surface area contributed by atoms with Gasteiger partial charge in [0.25, 0.3) is 0 Å². The molecule has 0 spiro atoms. The summed E-state index contributed by atoms with van der Waals surface area (Å²) < 4.78 is 30.8. The molecule has 0 bridgehead atoms. The SMILES string of the molecule is O=C(CCCOC(=O)c1cccc(S(=O)(=O)CCc2ccccc2)c1)c1ccc(-c2ccccc2)cc1. The Kier molecular flexibility index (Phi) is 8.64. The van der Waals surface area contributed by atoms with Gasteiger partial charge in [0, 0.05) is 12.0 Å². The molecule has 0 aliphatic heterocycles. The van der Waals surface area contributed by atoms with E-state index in [0.29, 0.717) is 18.4 Å². The fourth-order valence-electron chi connectivity index (χ4n) is 3.94. The minimum absolute atomic E-state index is 0.0258. The lowest BCUT2D eigenvalue weighted by atomic mass is 10.0. The van der Waals surface area contributed by atoms with Crippen LogP contribution in [-0.4, -0.2) is 32.5 Å². The zero-order valence-electron chi connectivity index (χ0n) is 20.4. The molecule has 0 saturated carbocycles. The van der Waals surface area contributed by atoms with E-state index in [4.69, 9.17) is 4.74 Å². The van der Waals surface area contributed by atoms with Crippen LogP contribution in [-0.2, 0) is 21.0 Å². The Morgan fingerprint density at radius 3 is 2.03 bits per heavy atom. The van der Waals surface area contributed by atoms with E-state index in [1.165, 1.54) is 24.3 Å². The predicted molar refractivity (Wildman–Crippen MR) is 144 cm³/mol. The first kappa shape index (κ1) is 26.0. The average molecular weight is 513 g/mol. The molecule has 0 heterocycles. The highest BCUT2D eigenvalue weighted by atomic mass is 32.2. The Balaban J connectivity index is 1.26. The van der Waals surface area contributed by atoms with Gasteiger partial charge in [0.1, 0.15) is 0 Å². The van der Waals surface area contributed by atoms with Gasteiger partial charge in [-0.2, -0.15) is 0 Å². The Labute approximate surface area is 217 Å². The quantitative estimate of drug-likeness (QED) is 0.136. The summed E-state index contributed by atoms with van der Waals surface area (Å²) in [6.07, 6.45) is 1.01. The van der Waals surface area contributed by atoms with Crippen LogP contribution in [0, 0.1) is 0 Å². The number of sulfone groups is 1. The van der Waals surface area contributed by atoms with Gasteiger partial charge >= 0.3 is 5.97 Å². The molecule has 0 aliphatic carbocycles. The van der Waals surface area contributed by atoms with Crippen LogP contribution in [0.1, 0.15) is 39.1 Å². The van der Waals surface area contributed by atoms with Crippen molar-refractivity contribution in [2.75, 3.05) is 12.4 Å². The maximum Gasteiger partial charge on any atom is 0.338 e. The average Bonchev–Trinajstić information content (AvgIpc) is 2.95. The van der Waals surface area contributed by atoms with Crippen LogP contribution in [0.25, 0.3) is 11.1 Å². The second-order valence-corrected chi connectivity index (χ2v) is 10.8. The molecule has 0 N–H and O–H groups in total. The van der Waals surface area contributed by atoms with Crippen molar-refractivity contribution in [3.8, 4) is 11.1 Å². The van der Waals surface area contributed by atoms with Crippen molar-refractivity contribution < 1.29 is 22.7 Å². The molecule has 188 valence electrons. The largest absolute Gasteiger partial charge is 0.462 e.